The van der Waals surface area contributed by atoms with E-state index in [1.165, 1.54) is 19.3 Å². The number of hydrogen-bond acceptors (Lipinski definition) is 2. The fourth-order valence-electron chi connectivity index (χ4n) is 2.26. The summed E-state index contributed by atoms with van der Waals surface area (Å²) in [5.41, 5.74) is 1.91. The molecule has 2 nitrogen and oxygen atoms in total. The van der Waals surface area contributed by atoms with E-state index in [2.05, 4.69) is 21.2 Å². The number of aryl methyl sites for hydroxylation is 1. The van der Waals surface area contributed by atoms with Crippen LogP contribution in [0.25, 0.3) is 0 Å². The van der Waals surface area contributed by atoms with Gasteiger partial charge in [-0.1, -0.05) is 35.2 Å². The van der Waals surface area contributed by atoms with Crippen molar-refractivity contribution in [2.24, 2.45) is 0 Å². The molecule has 0 aliphatic heterocycles. The Hall–Kier alpha value is -0.350. The molecule has 2 unspecified atom stereocenters. The minimum absolute atomic E-state index is 0.0834. The van der Waals surface area contributed by atoms with E-state index in [1.807, 2.05) is 17.7 Å². The zero-order valence-electron chi connectivity index (χ0n) is 10.0. The molecule has 1 aromatic heterocycles. The van der Waals surface area contributed by atoms with Crippen molar-refractivity contribution in [3.63, 3.8) is 0 Å². The number of nitrogens with one attached hydrogen (secondary N) is 1. The molecule has 1 aromatic rings. The van der Waals surface area contributed by atoms with E-state index in [4.69, 9.17) is 0 Å². The fraction of sp³-hybridized carbons (Fsp3) is 0.615. The van der Waals surface area contributed by atoms with Crippen molar-refractivity contribution in [2.75, 3.05) is 0 Å². The monoisotopic (exact) mass is 315 g/mol. The van der Waals surface area contributed by atoms with Crippen molar-refractivity contribution in [3.8, 4) is 0 Å². The predicted molar refractivity (Wildman–Crippen MR) is 76.1 cm³/mol. The Morgan fingerprint density at radius 1 is 1.35 bits per heavy atom. The Morgan fingerprint density at radius 2 is 2.12 bits per heavy atom. The van der Waals surface area contributed by atoms with Gasteiger partial charge in [0.25, 0.3) is 5.91 Å². The minimum Gasteiger partial charge on any atom is -0.348 e. The second-order valence-corrected chi connectivity index (χ2v) is 6.62. The molecule has 0 radical (unpaired) electrons. The Morgan fingerprint density at radius 3 is 2.82 bits per heavy atom. The molecule has 1 fully saturated rings. The van der Waals surface area contributed by atoms with Crippen LogP contribution in [0.3, 0.4) is 0 Å². The maximum Gasteiger partial charge on any atom is 0.252 e. The van der Waals surface area contributed by atoms with Crippen LogP contribution in [-0.2, 0) is 0 Å². The summed E-state index contributed by atoms with van der Waals surface area (Å²) in [5, 5.41) is 7.13. The third kappa shape index (κ3) is 3.32. The molecule has 1 aliphatic carbocycles. The van der Waals surface area contributed by atoms with Gasteiger partial charge in [-0.2, -0.15) is 11.3 Å². The lowest BCUT2D eigenvalue weighted by atomic mass is 10.1. The fourth-order valence-corrected chi connectivity index (χ4v) is 3.81. The molecule has 17 heavy (non-hydrogen) atoms. The molecule has 0 aromatic carbocycles. The van der Waals surface area contributed by atoms with Gasteiger partial charge in [0.15, 0.2) is 0 Å². The summed E-state index contributed by atoms with van der Waals surface area (Å²) in [7, 11) is 0. The van der Waals surface area contributed by atoms with Crippen molar-refractivity contribution in [2.45, 2.75) is 49.9 Å². The molecule has 1 amide bonds. The second-order valence-electron chi connectivity index (χ2n) is 4.70. The van der Waals surface area contributed by atoms with Crippen LogP contribution in [0.2, 0.25) is 0 Å². The topological polar surface area (TPSA) is 29.1 Å². The van der Waals surface area contributed by atoms with Crippen LogP contribution in [0.4, 0.5) is 0 Å². The molecule has 1 aliphatic rings. The number of thiophene rings is 1. The van der Waals surface area contributed by atoms with E-state index < -0.39 is 0 Å². The number of alkyl halides is 1. The van der Waals surface area contributed by atoms with Crippen LogP contribution in [0.15, 0.2) is 10.8 Å². The van der Waals surface area contributed by atoms with Crippen LogP contribution < -0.4 is 5.32 Å². The van der Waals surface area contributed by atoms with Crippen molar-refractivity contribution in [1.82, 2.24) is 5.32 Å². The summed E-state index contributed by atoms with van der Waals surface area (Å²) in [5.74, 6) is 0.0834. The Bertz CT molecular complexity index is 391. The molecule has 1 saturated carbocycles. The molecule has 0 saturated heterocycles. The van der Waals surface area contributed by atoms with Crippen molar-refractivity contribution in [1.29, 1.82) is 0 Å². The predicted octanol–water partition coefficient (Wildman–Crippen LogP) is 3.88. The highest BCUT2D eigenvalue weighted by atomic mass is 79.9. The van der Waals surface area contributed by atoms with E-state index in [9.17, 15) is 4.79 Å². The van der Waals surface area contributed by atoms with E-state index in [0.29, 0.717) is 4.83 Å². The van der Waals surface area contributed by atoms with Crippen molar-refractivity contribution >= 4 is 33.2 Å². The van der Waals surface area contributed by atoms with Crippen molar-refractivity contribution in [3.05, 3.63) is 21.9 Å². The van der Waals surface area contributed by atoms with Crippen LogP contribution in [0, 0.1) is 6.92 Å². The van der Waals surface area contributed by atoms with Gasteiger partial charge >= 0.3 is 0 Å². The number of amides is 1. The van der Waals surface area contributed by atoms with Gasteiger partial charge < -0.3 is 5.32 Å². The van der Waals surface area contributed by atoms with Gasteiger partial charge in [-0.3, -0.25) is 4.79 Å². The normalized spacial score (nSPS) is 25.3. The Labute approximate surface area is 115 Å². The number of hydrogen-bond donors (Lipinski definition) is 1. The summed E-state index contributed by atoms with van der Waals surface area (Å²) in [6.07, 6.45) is 6.01. The SMILES string of the molecule is Cc1cscc1C(=O)NC1CCCCCC1Br. The van der Waals surface area contributed by atoms with Crippen LogP contribution in [-0.4, -0.2) is 16.8 Å². The van der Waals surface area contributed by atoms with Gasteiger partial charge in [-0.05, 0) is 30.7 Å². The Balaban J connectivity index is 2.00. The van der Waals surface area contributed by atoms with Gasteiger partial charge in [-0.25, -0.2) is 0 Å². The van der Waals surface area contributed by atoms with Crippen LogP contribution in [0.5, 0.6) is 0 Å². The highest BCUT2D eigenvalue weighted by molar-refractivity contribution is 9.09. The van der Waals surface area contributed by atoms with Gasteiger partial charge in [0.05, 0.1) is 5.56 Å². The first kappa shape index (κ1) is 13.1. The average Bonchev–Trinajstić information content (AvgIpc) is 2.63. The van der Waals surface area contributed by atoms with Crippen LogP contribution >= 0.6 is 27.3 Å². The third-order valence-electron chi connectivity index (χ3n) is 3.35. The first-order chi connectivity index (χ1) is 8.18. The number of halogens is 1. The Kier molecular flexibility index (Phi) is 4.62. The van der Waals surface area contributed by atoms with Gasteiger partial charge in [0, 0.05) is 16.2 Å². The molecular weight excluding hydrogens is 298 g/mol. The molecule has 1 N–H and O–H groups in total. The van der Waals surface area contributed by atoms with Gasteiger partial charge in [0.2, 0.25) is 0 Å². The lowest BCUT2D eigenvalue weighted by Gasteiger charge is -2.21. The lowest BCUT2D eigenvalue weighted by Crippen LogP contribution is -2.40. The number of carbonyl (C=O) groups excluding carboxylic acids is 1. The molecule has 0 spiro atoms. The molecular formula is C13H18BrNOS. The smallest absolute Gasteiger partial charge is 0.252 e. The van der Waals surface area contributed by atoms with Gasteiger partial charge in [0.1, 0.15) is 0 Å². The van der Waals surface area contributed by atoms with E-state index in [1.54, 1.807) is 11.3 Å². The summed E-state index contributed by atoms with van der Waals surface area (Å²) >= 11 is 5.29. The summed E-state index contributed by atoms with van der Waals surface area (Å²) in [4.78, 5) is 12.6. The first-order valence-corrected chi connectivity index (χ1v) is 8.02. The van der Waals surface area contributed by atoms with Crippen molar-refractivity contribution < 1.29 is 4.79 Å². The maximum absolute atomic E-state index is 12.1. The molecule has 2 rings (SSSR count). The first-order valence-electron chi connectivity index (χ1n) is 6.16. The molecule has 0 bridgehead atoms. The third-order valence-corrected chi connectivity index (χ3v) is 5.31. The molecule has 2 atom stereocenters. The standard InChI is InChI=1S/C13H18BrNOS/c1-9-7-17-8-10(9)13(16)15-12-6-4-2-3-5-11(12)14/h7-8,11-12H,2-6H2,1H3,(H,15,16). The zero-order chi connectivity index (χ0) is 12.3. The van der Waals surface area contributed by atoms with E-state index in [-0.39, 0.29) is 11.9 Å². The highest BCUT2D eigenvalue weighted by Gasteiger charge is 2.23. The summed E-state index contributed by atoms with van der Waals surface area (Å²) in [6.45, 7) is 1.99. The number of rotatable bonds is 2. The maximum atomic E-state index is 12.1. The number of carbonyl (C=O) groups is 1. The second kappa shape index (κ2) is 6.01. The lowest BCUT2D eigenvalue weighted by molar-refractivity contribution is 0.0935. The zero-order valence-corrected chi connectivity index (χ0v) is 12.4. The average molecular weight is 316 g/mol. The molecule has 4 heteroatoms. The summed E-state index contributed by atoms with van der Waals surface area (Å²) in [6, 6.07) is 0.282. The van der Waals surface area contributed by atoms with E-state index >= 15 is 0 Å². The largest absolute Gasteiger partial charge is 0.348 e. The quantitative estimate of drug-likeness (QED) is 0.651. The molecule has 1 heterocycles. The highest BCUT2D eigenvalue weighted by Crippen LogP contribution is 2.24. The molecule has 94 valence electrons. The van der Waals surface area contributed by atoms with E-state index in [0.717, 1.165) is 24.0 Å². The van der Waals surface area contributed by atoms with Crippen LogP contribution in [0.1, 0.15) is 48.0 Å². The van der Waals surface area contributed by atoms with Gasteiger partial charge in [-0.15, -0.1) is 0 Å². The summed E-state index contributed by atoms with van der Waals surface area (Å²) < 4.78 is 0. The minimum atomic E-state index is 0.0834.